The summed E-state index contributed by atoms with van der Waals surface area (Å²) in [4.78, 5) is 17.8. The van der Waals surface area contributed by atoms with Crippen LogP contribution in [0.15, 0.2) is 89.5 Å². The zero-order valence-electron chi connectivity index (χ0n) is 18.5. The van der Waals surface area contributed by atoms with E-state index in [2.05, 4.69) is 46.4 Å². The van der Waals surface area contributed by atoms with E-state index in [9.17, 15) is 9.90 Å². The monoisotopic (exact) mass is 469 g/mol. The topological polar surface area (TPSA) is 78.6 Å². The Balaban J connectivity index is 1.55. The average molecular weight is 470 g/mol. The number of hydrogen-bond donors (Lipinski definition) is 2. The standard InChI is InChI=1S/C27H23N3O3S/c1-2-17-6-12-20(13-7-17)30-25(24(29-27(30)34)21-5-3-4-16-28-21)23-15-14-22(33-23)18-8-10-19(11-9-18)26(31)32/h3-16,24-25H,2H2,1H3,(H,29,34)(H,31,32)/t24-,25-/m0/s1. The Morgan fingerprint density at radius 2 is 1.82 bits per heavy atom. The van der Waals surface area contributed by atoms with Crippen LogP contribution in [0.5, 0.6) is 0 Å². The van der Waals surface area contributed by atoms with E-state index in [0.717, 1.165) is 29.1 Å². The van der Waals surface area contributed by atoms with Gasteiger partial charge < -0.3 is 19.7 Å². The van der Waals surface area contributed by atoms with Crippen molar-refractivity contribution in [1.29, 1.82) is 0 Å². The number of carbonyl (C=O) groups is 1. The lowest BCUT2D eigenvalue weighted by Crippen LogP contribution is -2.29. The summed E-state index contributed by atoms with van der Waals surface area (Å²) in [6.07, 6.45) is 2.73. The van der Waals surface area contributed by atoms with Crippen molar-refractivity contribution in [3.63, 3.8) is 0 Å². The molecule has 1 saturated heterocycles. The Kier molecular flexibility index (Phi) is 5.86. The lowest BCUT2D eigenvalue weighted by molar-refractivity contribution is 0.0697. The van der Waals surface area contributed by atoms with Gasteiger partial charge in [0.2, 0.25) is 0 Å². The summed E-state index contributed by atoms with van der Waals surface area (Å²) in [7, 11) is 0. The van der Waals surface area contributed by atoms with Crippen molar-refractivity contribution >= 4 is 29.0 Å². The Bertz CT molecular complexity index is 1320. The van der Waals surface area contributed by atoms with Gasteiger partial charge >= 0.3 is 5.97 Å². The number of aryl methyl sites for hydroxylation is 1. The van der Waals surface area contributed by atoms with Gasteiger partial charge in [-0.25, -0.2) is 4.79 Å². The molecule has 0 amide bonds. The predicted molar refractivity (Wildman–Crippen MR) is 135 cm³/mol. The number of nitrogens with one attached hydrogen (secondary N) is 1. The molecule has 2 atom stereocenters. The second-order valence-electron chi connectivity index (χ2n) is 8.10. The summed E-state index contributed by atoms with van der Waals surface area (Å²) >= 11 is 5.77. The van der Waals surface area contributed by atoms with Gasteiger partial charge in [-0.2, -0.15) is 0 Å². The van der Waals surface area contributed by atoms with Gasteiger partial charge in [-0.1, -0.05) is 37.3 Å². The van der Waals surface area contributed by atoms with E-state index in [4.69, 9.17) is 16.6 Å². The molecule has 0 bridgehead atoms. The molecule has 1 aliphatic rings. The minimum Gasteiger partial charge on any atom is -0.478 e. The lowest BCUT2D eigenvalue weighted by Gasteiger charge is -2.26. The van der Waals surface area contributed by atoms with Gasteiger partial charge in [0.15, 0.2) is 5.11 Å². The highest BCUT2D eigenvalue weighted by Crippen LogP contribution is 2.42. The van der Waals surface area contributed by atoms with E-state index in [0.29, 0.717) is 10.9 Å². The van der Waals surface area contributed by atoms with Crippen molar-refractivity contribution in [2.75, 3.05) is 4.90 Å². The molecule has 2 N–H and O–H groups in total. The molecule has 2 aromatic carbocycles. The molecule has 34 heavy (non-hydrogen) atoms. The minimum atomic E-state index is -0.958. The smallest absolute Gasteiger partial charge is 0.335 e. The van der Waals surface area contributed by atoms with Crippen LogP contribution in [0.25, 0.3) is 11.3 Å². The molecule has 0 radical (unpaired) electrons. The van der Waals surface area contributed by atoms with Crippen molar-refractivity contribution in [3.8, 4) is 11.3 Å². The van der Waals surface area contributed by atoms with Crippen LogP contribution < -0.4 is 10.2 Å². The first-order chi connectivity index (χ1) is 16.5. The first-order valence-corrected chi connectivity index (χ1v) is 11.5. The molecule has 4 aromatic rings. The minimum absolute atomic E-state index is 0.201. The number of thiocarbonyl (C=S) groups is 1. The van der Waals surface area contributed by atoms with E-state index in [1.807, 2.05) is 30.3 Å². The van der Waals surface area contributed by atoms with Crippen LogP contribution in [-0.2, 0) is 6.42 Å². The summed E-state index contributed by atoms with van der Waals surface area (Å²) in [5.74, 6) is 0.436. The van der Waals surface area contributed by atoms with Gasteiger partial charge in [-0.05, 0) is 72.7 Å². The fourth-order valence-electron chi connectivity index (χ4n) is 4.26. The number of pyridine rings is 1. The summed E-state index contributed by atoms with van der Waals surface area (Å²) in [5, 5.41) is 13.2. The molecule has 7 heteroatoms. The summed E-state index contributed by atoms with van der Waals surface area (Å²) in [6.45, 7) is 2.13. The first-order valence-electron chi connectivity index (χ1n) is 11.1. The Morgan fingerprint density at radius 3 is 2.47 bits per heavy atom. The largest absolute Gasteiger partial charge is 0.478 e. The molecule has 0 aliphatic carbocycles. The van der Waals surface area contributed by atoms with E-state index in [-0.39, 0.29) is 17.6 Å². The zero-order valence-corrected chi connectivity index (χ0v) is 19.3. The summed E-state index contributed by atoms with van der Waals surface area (Å²) in [6, 6.07) is 24.3. The van der Waals surface area contributed by atoms with Gasteiger partial charge in [0.25, 0.3) is 0 Å². The highest BCUT2D eigenvalue weighted by atomic mass is 32.1. The quantitative estimate of drug-likeness (QED) is 0.347. The van der Waals surface area contributed by atoms with Crippen molar-refractivity contribution in [2.24, 2.45) is 0 Å². The van der Waals surface area contributed by atoms with Crippen LogP contribution in [0.2, 0.25) is 0 Å². The predicted octanol–water partition coefficient (Wildman–Crippen LogP) is 5.78. The van der Waals surface area contributed by atoms with Gasteiger partial charge in [-0.15, -0.1) is 0 Å². The number of carboxylic acids is 1. The molecule has 6 nitrogen and oxygen atoms in total. The van der Waals surface area contributed by atoms with Gasteiger partial charge in [0.05, 0.1) is 17.3 Å². The second-order valence-corrected chi connectivity index (χ2v) is 8.49. The molecule has 0 unspecified atom stereocenters. The molecule has 2 aromatic heterocycles. The molecule has 5 rings (SSSR count). The highest BCUT2D eigenvalue weighted by Gasteiger charge is 2.42. The number of rotatable bonds is 6. The average Bonchev–Trinajstić information content (AvgIpc) is 3.49. The number of benzene rings is 2. The van der Waals surface area contributed by atoms with E-state index >= 15 is 0 Å². The van der Waals surface area contributed by atoms with Crippen LogP contribution in [0.4, 0.5) is 5.69 Å². The maximum atomic E-state index is 11.2. The zero-order chi connectivity index (χ0) is 23.7. The number of hydrogen-bond acceptors (Lipinski definition) is 4. The third-order valence-electron chi connectivity index (χ3n) is 6.06. The van der Waals surface area contributed by atoms with Crippen molar-refractivity contribution in [2.45, 2.75) is 25.4 Å². The Labute approximate surface area is 202 Å². The number of anilines is 1. The summed E-state index contributed by atoms with van der Waals surface area (Å²) in [5.41, 5.74) is 4.13. The third-order valence-corrected chi connectivity index (χ3v) is 6.37. The van der Waals surface area contributed by atoms with Crippen LogP contribution in [0, 0.1) is 0 Å². The fraction of sp³-hybridized carbons (Fsp3) is 0.148. The van der Waals surface area contributed by atoms with Gasteiger partial charge in [0, 0.05) is 17.4 Å². The maximum Gasteiger partial charge on any atom is 0.335 e. The van der Waals surface area contributed by atoms with Crippen LogP contribution in [0.1, 0.15) is 46.4 Å². The SMILES string of the molecule is CCc1ccc(N2C(=S)N[C@@H](c3ccccn3)[C@@H]2c2ccc(-c3ccc(C(=O)O)cc3)o2)cc1. The molecule has 1 aliphatic heterocycles. The second kappa shape index (κ2) is 9.11. The number of carboxylic acid groups (broad SMARTS) is 1. The number of aromatic carboxylic acids is 1. The normalized spacial score (nSPS) is 17.6. The van der Waals surface area contributed by atoms with E-state index < -0.39 is 5.97 Å². The van der Waals surface area contributed by atoms with Crippen molar-refractivity contribution in [3.05, 3.63) is 108 Å². The number of nitrogens with zero attached hydrogens (tertiary/aromatic N) is 2. The Morgan fingerprint density at radius 1 is 1.06 bits per heavy atom. The molecular weight excluding hydrogens is 446 g/mol. The third kappa shape index (κ3) is 4.06. The summed E-state index contributed by atoms with van der Waals surface area (Å²) < 4.78 is 6.33. The molecular formula is C27H23N3O3S. The number of aromatic nitrogens is 1. The molecule has 1 fully saturated rings. The van der Waals surface area contributed by atoms with Crippen LogP contribution in [0.3, 0.4) is 0 Å². The molecule has 0 spiro atoms. The highest BCUT2D eigenvalue weighted by molar-refractivity contribution is 7.80. The van der Waals surface area contributed by atoms with Crippen LogP contribution in [-0.4, -0.2) is 21.2 Å². The number of furan rings is 1. The fourth-order valence-corrected chi connectivity index (χ4v) is 4.60. The van der Waals surface area contributed by atoms with Crippen molar-refractivity contribution < 1.29 is 14.3 Å². The van der Waals surface area contributed by atoms with Crippen LogP contribution >= 0.6 is 12.2 Å². The lowest BCUT2D eigenvalue weighted by atomic mass is 10.0. The molecule has 0 saturated carbocycles. The molecule has 170 valence electrons. The van der Waals surface area contributed by atoms with Gasteiger partial charge in [0.1, 0.15) is 17.6 Å². The molecule has 3 heterocycles. The maximum absolute atomic E-state index is 11.2. The van der Waals surface area contributed by atoms with Gasteiger partial charge in [-0.3, -0.25) is 4.98 Å². The van der Waals surface area contributed by atoms with E-state index in [1.165, 1.54) is 5.56 Å². The van der Waals surface area contributed by atoms with Crippen molar-refractivity contribution in [1.82, 2.24) is 10.3 Å². The Hall–Kier alpha value is -3.97. The van der Waals surface area contributed by atoms with E-state index in [1.54, 1.807) is 30.5 Å². The first kappa shape index (κ1) is 21.9.